The van der Waals surface area contributed by atoms with Gasteiger partial charge in [-0.2, -0.15) is 5.10 Å². The number of imide groups is 1. The lowest BCUT2D eigenvalue weighted by Crippen LogP contribution is -2.49. The lowest BCUT2D eigenvalue weighted by Gasteiger charge is -2.32. The number of amides is 3. The van der Waals surface area contributed by atoms with E-state index in [0.717, 1.165) is 37.3 Å². The van der Waals surface area contributed by atoms with E-state index in [9.17, 15) is 9.59 Å². The highest BCUT2D eigenvalue weighted by atomic mass is 16.2. The molecule has 1 N–H and O–H groups in total. The number of anilines is 1. The van der Waals surface area contributed by atoms with Gasteiger partial charge in [-0.15, -0.1) is 0 Å². The number of carbonyl (C=O) groups is 2. The molecule has 32 heavy (non-hydrogen) atoms. The fraction of sp³-hybridized carbons (Fsp3) is 0.400. The molecule has 2 saturated heterocycles. The molecule has 5 rings (SSSR count). The number of piperidine rings is 1. The number of hydrogen-bond acceptors (Lipinski definition) is 4. The molecule has 1 aromatic carbocycles. The third-order valence-electron chi connectivity index (χ3n) is 6.67. The van der Waals surface area contributed by atoms with Gasteiger partial charge in [0.15, 0.2) is 0 Å². The van der Waals surface area contributed by atoms with Gasteiger partial charge in [-0.1, -0.05) is 29.8 Å². The second-order valence-electron chi connectivity index (χ2n) is 9.06. The molecule has 7 heteroatoms. The molecule has 7 nitrogen and oxygen atoms in total. The van der Waals surface area contributed by atoms with Gasteiger partial charge in [0.1, 0.15) is 0 Å². The van der Waals surface area contributed by atoms with Gasteiger partial charge >= 0.3 is 6.03 Å². The summed E-state index contributed by atoms with van der Waals surface area (Å²) < 4.78 is 1.80. The molecule has 0 spiro atoms. The summed E-state index contributed by atoms with van der Waals surface area (Å²) in [5.41, 5.74) is 5.62. The number of likely N-dealkylation sites (tertiary alicyclic amines) is 1. The fourth-order valence-corrected chi connectivity index (χ4v) is 4.77. The standard InChI is InChI=1S/C25H29N5O2/c1-18-2-4-20(5-3-18)17-28-10-6-19(7-11-28)14-21-8-13-30-22(15-21)23(16-26-30)29-12-9-24(31)27-25(29)32/h2-5,8,13,15-16,19H,6-7,9-12,14,17H2,1H3,(H,27,31,32). The minimum atomic E-state index is -0.373. The van der Waals surface area contributed by atoms with E-state index < -0.39 is 0 Å². The second-order valence-corrected chi connectivity index (χ2v) is 9.06. The number of aryl methyl sites for hydroxylation is 1. The lowest BCUT2D eigenvalue weighted by atomic mass is 9.90. The Hall–Kier alpha value is -3.19. The molecule has 2 aliphatic heterocycles. The van der Waals surface area contributed by atoms with Gasteiger partial charge in [0, 0.05) is 25.7 Å². The molecule has 2 fully saturated rings. The molecule has 0 radical (unpaired) electrons. The number of benzene rings is 1. The molecule has 0 atom stereocenters. The first kappa shape index (κ1) is 20.7. The zero-order valence-electron chi connectivity index (χ0n) is 18.5. The minimum absolute atomic E-state index is 0.225. The molecule has 0 unspecified atom stereocenters. The molecular formula is C25H29N5O2. The smallest absolute Gasteiger partial charge is 0.299 e. The topological polar surface area (TPSA) is 70.0 Å². The van der Waals surface area contributed by atoms with Gasteiger partial charge in [0.05, 0.1) is 17.4 Å². The first-order valence-corrected chi connectivity index (χ1v) is 11.4. The van der Waals surface area contributed by atoms with E-state index in [1.807, 2.05) is 6.20 Å². The Labute approximate surface area is 188 Å². The van der Waals surface area contributed by atoms with Crippen LogP contribution in [0.15, 0.2) is 48.8 Å². The molecule has 0 saturated carbocycles. The molecule has 4 heterocycles. The van der Waals surface area contributed by atoms with Crippen molar-refractivity contribution in [2.24, 2.45) is 5.92 Å². The summed E-state index contributed by atoms with van der Waals surface area (Å²) in [6, 6.07) is 12.7. The number of urea groups is 1. The van der Waals surface area contributed by atoms with Crippen LogP contribution < -0.4 is 10.2 Å². The van der Waals surface area contributed by atoms with Crippen LogP contribution in [0, 0.1) is 12.8 Å². The molecule has 2 aromatic heterocycles. The summed E-state index contributed by atoms with van der Waals surface area (Å²) >= 11 is 0. The third-order valence-corrected chi connectivity index (χ3v) is 6.67. The predicted octanol–water partition coefficient (Wildman–Crippen LogP) is 3.54. The van der Waals surface area contributed by atoms with Crippen molar-refractivity contribution in [1.82, 2.24) is 19.8 Å². The van der Waals surface area contributed by atoms with E-state index in [2.05, 4.69) is 58.6 Å². The van der Waals surface area contributed by atoms with Crippen LogP contribution in [0.1, 0.15) is 36.0 Å². The zero-order chi connectivity index (χ0) is 22.1. The Balaban J connectivity index is 1.23. The van der Waals surface area contributed by atoms with Crippen molar-refractivity contribution >= 4 is 23.1 Å². The highest BCUT2D eigenvalue weighted by Crippen LogP contribution is 2.27. The first-order chi connectivity index (χ1) is 15.5. The number of nitrogens with zero attached hydrogens (tertiary/aromatic N) is 4. The Morgan fingerprint density at radius 3 is 2.56 bits per heavy atom. The van der Waals surface area contributed by atoms with Gasteiger partial charge in [0.25, 0.3) is 0 Å². The van der Waals surface area contributed by atoms with Crippen LogP contribution in [0.3, 0.4) is 0 Å². The van der Waals surface area contributed by atoms with E-state index in [0.29, 0.717) is 18.9 Å². The second kappa shape index (κ2) is 8.74. The van der Waals surface area contributed by atoms with E-state index in [1.54, 1.807) is 15.6 Å². The Bertz CT molecular complexity index is 1130. The zero-order valence-corrected chi connectivity index (χ0v) is 18.5. The van der Waals surface area contributed by atoms with Crippen LogP contribution in [-0.2, 0) is 17.8 Å². The molecule has 2 aliphatic rings. The Morgan fingerprint density at radius 2 is 1.81 bits per heavy atom. The monoisotopic (exact) mass is 431 g/mol. The fourth-order valence-electron chi connectivity index (χ4n) is 4.77. The normalized spacial score (nSPS) is 18.3. The highest BCUT2D eigenvalue weighted by molar-refractivity contribution is 6.07. The number of hydrogen-bond donors (Lipinski definition) is 1. The molecule has 3 amide bonds. The SMILES string of the molecule is Cc1ccc(CN2CCC(Cc3ccn4ncc(N5CCC(=O)NC5=O)c4c3)CC2)cc1. The van der Waals surface area contributed by atoms with Gasteiger partial charge in [-0.05, 0) is 68.5 Å². The quantitative estimate of drug-likeness (QED) is 0.671. The van der Waals surface area contributed by atoms with E-state index in [-0.39, 0.29) is 11.9 Å². The van der Waals surface area contributed by atoms with E-state index in [1.165, 1.54) is 29.5 Å². The highest BCUT2D eigenvalue weighted by Gasteiger charge is 2.27. The van der Waals surface area contributed by atoms with Crippen LogP contribution in [0.5, 0.6) is 0 Å². The van der Waals surface area contributed by atoms with Crippen LogP contribution in [0.2, 0.25) is 0 Å². The lowest BCUT2D eigenvalue weighted by molar-refractivity contribution is -0.120. The summed E-state index contributed by atoms with van der Waals surface area (Å²) in [4.78, 5) is 27.9. The minimum Gasteiger partial charge on any atom is -0.299 e. The predicted molar refractivity (Wildman–Crippen MR) is 124 cm³/mol. The molecule has 166 valence electrons. The van der Waals surface area contributed by atoms with Crippen molar-refractivity contribution in [3.05, 3.63) is 65.5 Å². The maximum atomic E-state index is 12.3. The van der Waals surface area contributed by atoms with Crippen LogP contribution in [0.4, 0.5) is 10.5 Å². The molecule has 0 aliphatic carbocycles. The number of fused-ring (bicyclic) bond motifs is 1. The van der Waals surface area contributed by atoms with Gasteiger partial charge in [0.2, 0.25) is 5.91 Å². The summed E-state index contributed by atoms with van der Waals surface area (Å²) in [6.45, 7) is 5.79. The van der Waals surface area contributed by atoms with Crippen molar-refractivity contribution in [2.45, 2.75) is 39.2 Å². The number of aromatic nitrogens is 2. The summed E-state index contributed by atoms with van der Waals surface area (Å²) in [5, 5.41) is 6.79. The summed E-state index contributed by atoms with van der Waals surface area (Å²) in [5.74, 6) is 0.436. The number of pyridine rings is 1. The third kappa shape index (κ3) is 4.39. The van der Waals surface area contributed by atoms with Gasteiger partial charge in [-0.25, -0.2) is 9.31 Å². The van der Waals surface area contributed by atoms with Crippen molar-refractivity contribution < 1.29 is 9.59 Å². The number of nitrogens with one attached hydrogen (secondary N) is 1. The number of carbonyl (C=O) groups excluding carboxylic acids is 2. The van der Waals surface area contributed by atoms with Crippen molar-refractivity contribution in [3.8, 4) is 0 Å². The average Bonchev–Trinajstić information content (AvgIpc) is 3.20. The maximum absolute atomic E-state index is 12.3. The molecule has 0 bridgehead atoms. The summed E-state index contributed by atoms with van der Waals surface area (Å²) in [6.07, 6.45) is 7.40. The van der Waals surface area contributed by atoms with Crippen molar-refractivity contribution in [3.63, 3.8) is 0 Å². The molecular weight excluding hydrogens is 402 g/mol. The van der Waals surface area contributed by atoms with Crippen LogP contribution >= 0.6 is 0 Å². The van der Waals surface area contributed by atoms with E-state index in [4.69, 9.17) is 0 Å². The Morgan fingerprint density at radius 1 is 1.03 bits per heavy atom. The van der Waals surface area contributed by atoms with Gasteiger partial charge in [-0.3, -0.25) is 19.9 Å². The summed E-state index contributed by atoms with van der Waals surface area (Å²) in [7, 11) is 0. The maximum Gasteiger partial charge on any atom is 0.328 e. The largest absolute Gasteiger partial charge is 0.328 e. The average molecular weight is 432 g/mol. The first-order valence-electron chi connectivity index (χ1n) is 11.4. The van der Waals surface area contributed by atoms with Crippen LogP contribution in [0.25, 0.3) is 5.52 Å². The number of rotatable bonds is 5. The Kier molecular flexibility index (Phi) is 5.66. The van der Waals surface area contributed by atoms with Crippen molar-refractivity contribution in [2.75, 3.05) is 24.5 Å². The van der Waals surface area contributed by atoms with Crippen molar-refractivity contribution in [1.29, 1.82) is 0 Å². The molecule has 3 aromatic rings. The van der Waals surface area contributed by atoms with E-state index >= 15 is 0 Å². The van der Waals surface area contributed by atoms with Crippen LogP contribution in [-0.4, -0.2) is 46.1 Å². The van der Waals surface area contributed by atoms with Gasteiger partial charge < -0.3 is 0 Å².